The molecule has 0 atom stereocenters. The molecule has 0 radical (unpaired) electrons. The van der Waals surface area contributed by atoms with E-state index in [1.165, 1.54) is 0 Å². The predicted molar refractivity (Wildman–Crippen MR) is 70.8 cm³/mol. The summed E-state index contributed by atoms with van der Waals surface area (Å²) in [6.07, 6.45) is 1.61. The van der Waals surface area contributed by atoms with Crippen LogP contribution in [0, 0.1) is 19.1 Å². The Bertz CT molecular complexity index is 524. The van der Waals surface area contributed by atoms with Gasteiger partial charge in [-0.2, -0.15) is 4.74 Å². The second-order valence-corrected chi connectivity index (χ2v) is 4.21. The van der Waals surface area contributed by atoms with Crippen molar-refractivity contribution in [2.45, 2.75) is 13.8 Å². The number of rotatable bonds is 2. The third-order valence-corrected chi connectivity index (χ3v) is 2.52. The molecule has 0 fully saturated rings. The molecule has 2 heteroatoms. The van der Waals surface area contributed by atoms with Gasteiger partial charge < -0.3 is 5.21 Å². The third kappa shape index (κ3) is 2.94. The summed E-state index contributed by atoms with van der Waals surface area (Å²) in [5, 5.41) is 11.9. The Morgan fingerprint density at radius 3 is 2.12 bits per heavy atom. The Morgan fingerprint density at radius 1 is 0.941 bits per heavy atom. The van der Waals surface area contributed by atoms with Crippen LogP contribution in [0.1, 0.15) is 16.7 Å². The molecule has 0 aliphatic heterocycles. The summed E-state index contributed by atoms with van der Waals surface area (Å²) in [4.78, 5) is 0. The van der Waals surface area contributed by atoms with Crippen LogP contribution in [-0.2, 0) is 0 Å². The van der Waals surface area contributed by atoms with Crippen LogP contribution in [0.2, 0.25) is 0 Å². The topological polar surface area (TPSA) is 26.1 Å². The monoisotopic (exact) mass is 225 g/mol. The van der Waals surface area contributed by atoms with Crippen molar-refractivity contribution in [3.63, 3.8) is 0 Å². The zero-order chi connectivity index (χ0) is 12.3. The number of hydrogen-bond donors (Lipinski definition) is 0. The summed E-state index contributed by atoms with van der Waals surface area (Å²) in [5.74, 6) is 0. The minimum atomic E-state index is 0.645. The van der Waals surface area contributed by atoms with Crippen molar-refractivity contribution >= 4 is 11.9 Å². The molecular weight excluding hydrogens is 210 g/mol. The Morgan fingerprint density at radius 2 is 1.53 bits per heavy atom. The smallest absolute Gasteiger partial charge is 0.216 e. The summed E-state index contributed by atoms with van der Waals surface area (Å²) >= 11 is 0. The van der Waals surface area contributed by atoms with Gasteiger partial charge in [0.05, 0.1) is 0 Å². The SMILES string of the molecule is Cc1cc(C)cc(C=[N+]([O-])c2ccccc2)c1. The average Bonchev–Trinajstić information content (AvgIpc) is 2.28. The van der Waals surface area contributed by atoms with Gasteiger partial charge in [0.1, 0.15) is 0 Å². The highest BCUT2D eigenvalue weighted by Gasteiger charge is 2.01. The van der Waals surface area contributed by atoms with Gasteiger partial charge >= 0.3 is 0 Å². The molecule has 0 N–H and O–H groups in total. The first-order valence-corrected chi connectivity index (χ1v) is 5.60. The fourth-order valence-corrected chi connectivity index (χ4v) is 1.87. The van der Waals surface area contributed by atoms with Gasteiger partial charge in [-0.1, -0.05) is 35.4 Å². The van der Waals surface area contributed by atoms with Gasteiger partial charge in [0.25, 0.3) is 0 Å². The maximum Gasteiger partial charge on any atom is 0.216 e. The van der Waals surface area contributed by atoms with Crippen molar-refractivity contribution in [1.29, 1.82) is 0 Å². The highest BCUT2D eigenvalue weighted by Crippen LogP contribution is 2.11. The first kappa shape index (κ1) is 11.4. The number of hydrogen-bond acceptors (Lipinski definition) is 1. The normalized spacial score (nSPS) is 11.5. The molecule has 0 spiro atoms. The van der Waals surface area contributed by atoms with E-state index >= 15 is 0 Å². The summed E-state index contributed by atoms with van der Waals surface area (Å²) in [5.41, 5.74) is 3.91. The summed E-state index contributed by atoms with van der Waals surface area (Å²) in [6, 6.07) is 15.3. The highest BCUT2D eigenvalue weighted by molar-refractivity contribution is 5.77. The average molecular weight is 225 g/mol. The van der Waals surface area contributed by atoms with Gasteiger partial charge in [-0.3, -0.25) is 0 Å². The maximum atomic E-state index is 11.9. The standard InChI is InChI=1S/C15H15NO/c1-12-8-13(2)10-14(9-12)11-16(17)15-6-4-3-5-7-15/h3-11H,1-2H3. The lowest BCUT2D eigenvalue weighted by molar-refractivity contribution is -0.354. The van der Waals surface area contributed by atoms with Gasteiger partial charge in [0.2, 0.25) is 5.69 Å². The Balaban J connectivity index is 2.36. The van der Waals surface area contributed by atoms with Crippen LogP contribution < -0.4 is 0 Å². The lowest BCUT2D eigenvalue weighted by atomic mass is 10.1. The lowest BCUT2D eigenvalue weighted by Gasteiger charge is -2.03. The zero-order valence-corrected chi connectivity index (χ0v) is 10.1. The number of nitrogens with zero attached hydrogens (tertiary/aromatic N) is 1. The highest BCUT2D eigenvalue weighted by atomic mass is 16.5. The Kier molecular flexibility index (Phi) is 3.24. The lowest BCUT2D eigenvalue weighted by Crippen LogP contribution is -1.99. The molecule has 2 aromatic carbocycles. The van der Waals surface area contributed by atoms with E-state index in [2.05, 4.69) is 6.07 Å². The molecule has 0 unspecified atom stereocenters. The van der Waals surface area contributed by atoms with Crippen LogP contribution in [0.15, 0.2) is 48.5 Å². The third-order valence-electron chi connectivity index (χ3n) is 2.52. The van der Waals surface area contributed by atoms with E-state index in [1.807, 2.05) is 44.2 Å². The van der Waals surface area contributed by atoms with E-state index in [0.717, 1.165) is 21.4 Å². The van der Waals surface area contributed by atoms with Crippen molar-refractivity contribution in [2.24, 2.45) is 0 Å². The van der Waals surface area contributed by atoms with Crippen molar-refractivity contribution < 1.29 is 4.74 Å². The first-order chi connectivity index (χ1) is 8.15. The van der Waals surface area contributed by atoms with Crippen molar-refractivity contribution in [3.8, 4) is 0 Å². The van der Waals surface area contributed by atoms with Gasteiger partial charge in [-0.15, -0.1) is 0 Å². The molecular formula is C15H15NO. The second-order valence-electron chi connectivity index (χ2n) is 4.21. The maximum absolute atomic E-state index is 11.9. The molecule has 0 saturated carbocycles. The number of benzene rings is 2. The predicted octanol–water partition coefficient (Wildman–Crippen LogP) is 3.56. The van der Waals surface area contributed by atoms with Gasteiger partial charge in [0, 0.05) is 17.7 Å². The summed E-state index contributed by atoms with van der Waals surface area (Å²) in [7, 11) is 0. The molecule has 0 heterocycles. The minimum Gasteiger partial charge on any atom is -0.618 e. The van der Waals surface area contributed by atoms with E-state index in [0.29, 0.717) is 5.69 Å². The molecule has 2 nitrogen and oxygen atoms in total. The Labute approximate surface area is 101 Å². The first-order valence-electron chi connectivity index (χ1n) is 5.60. The van der Waals surface area contributed by atoms with E-state index in [-0.39, 0.29) is 0 Å². The molecule has 86 valence electrons. The van der Waals surface area contributed by atoms with E-state index in [4.69, 9.17) is 0 Å². The van der Waals surface area contributed by atoms with Crippen LogP contribution in [0.25, 0.3) is 0 Å². The van der Waals surface area contributed by atoms with Crippen LogP contribution in [0.5, 0.6) is 0 Å². The van der Waals surface area contributed by atoms with Crippen molar-refractivity contribution in [1.82, 2.24) is 0 Å². The van der Waals surface area contributed by atoms with E-state index < -0.39 is 0 Å². The quantitative estimate of drug-likeness (QED) is 0.332. The molecule has 0 saturated heterocycles. The molecule has 2 rings (SSSR count). The molecule has 0 aliphatic rings. The Hall–Kier alpha value is -2.09. The van der Waals surface area contributed by atoms with Gasteiger partial charge in [0.15, 0.2) is 6.21 Å². The van der Waals surface area contributed by atoms with Crippen molar-refractivity contribution in [2.75, 3.05) is 0 Å². The van der Waals surface area contributed by atoms with Crippen molar-refractivity contribution in [3.05, 3.63) is 70.4 Å². The molecule has 0 aliphatic carbocycles. The van der Waals surface area contributed by atoms with Crippen LogP contribution >= 0.6 is 0 Å². The molecule has 17 heavy (non-hydrogen) atoms. The largest absolute Gasteiger partial charge is 0.618 e. The van der Waals surface area contributed by atoms with Gasteiger partial charge in [-0.05, 0) is 26.0 Å². The minimum absolute atomic E-state index is 0.645. The molecule has 0 amide bonds. The summed E-state index contributed by atoms with van der Waals surface area (Å²) < 4.78 is 0.897. The zero-order valence-electron chi connectivity index (χ0n) is 10.1. The van der Waals surface area contributed by atoms with E-state index in [1.54, 1.807) is 18.3 Å². The fraction of sp³-hybridized carbons (Fsp3) is 0.133. The molecule has 2 aromatic rings. The van der Waals surface area contributed by atoms with E-state index in [9.17, 15) is 5.21 Å². The van der Waals surface area contributed by atoms with Crippen LogP contribution in [0.3, 0.4) is 0 Å². The molecule has 0 bridgehead atoms. The van der Waals surface area contributed by atoms with Gasteiger partial charge in [-0.25, -0.2) is 0 Å². The van der Waals surface area contributed by atoms with Crippen LogP contribution in [-0.4, -0.2) is 11.0 Å². The number of aryl methyl sites for hydroxylation is 2. The number of para-hydroxylation sites is 1. The fourth-order valence-electron chi connectivity index (χ4n) is 1.87. The van der Waals surface area contributed by atoms with Crippen LogP contribution in [0.4, 0.5) is 5.69 Å². The molecule has 0 aromatic heterocycles. The second kappa shape index (κ2) is 4.83. The summed E-state index contributed by atoms with van der Waals surface area (Å²) in [6.45, 7) is 4.06.